The van der Waals surface area contributed by atoms with E-state index in [-0.39, 0.29) is 0 Å². The molecule has 1 aromatic heterocycles. The van der Waals surface area contributed by atoms with Crippen LogP contribution in [0.3, 0.4) is 0 Å². The molecule has 0 atom stereocenters. The standard InChI is InChI=1S/C7H11N3O/c8-3-1-5-11-7-2-4-9-6-10-7/h2,4,6H,1,3,5,8H2. The largest absolute Gasteiger partial charge is 0.478 e. The fourth-order valence-corrected chi connectivity index (χ4v) is 0.624. The van der Waals surface area contributed by atoms with Crippen LogP contribution in [0.4, 0.5) is 0 Å². The quantitative estimate of drug-likeness (QED) is 0.628. The molecule has 0 aliphatic carbocycles. The number of hydrogen-bond acceptors (Lipinski definition) is 4. The van der Waals surface area contributed by atoms with Gasteiger partial charge in [-0.1, -0.05) is 0 Å². The average Bonchev–Trinajstić information content (AvgIpc) is 2.07. The minimum absolute atomic E-state index is 0.605. The van der Waals surface area contributed by atoms with Crippen LogP contribution in [0.5, 0.6) is 5.88 Å². The van der Waals surface area contributed by atoms with Crippen molar-refractivity contribution in [2.75, 3.05) is 13.2 Å². The van der Waals surface area contributed by atoms with Crippen LogP contribution in [0.15, 0.2) is 18.6 Å². The van der Waals surface area contributed by atoms with Crippen molar-refractivity contribution in [2.45, 2.75) is 6.42 Å². The molecule has 0 spiro atoms. The first-order valence-electron chi connectivity index (χ1n) is 3.52. The van der Waals surface area contributed by atoms with Crippen LogP contribution in [0.1, 0.15) is 6.42 Å². The number of aromatic nitrogens is 2. The van der Waals surface area contributed by atoms with E-state index in [0.717, 1.165) is 6.42 Å². The van der Waals surface area contributed by atoms with Crippen LogP contribution >= 0.6 is 0 Å². The predicted octanol–water partition coefficient (Wildman–Crippen LogP) is 0.204. The molecule has 2 N–H and O–H groups in total. The molecule has 0 fully saturated rings. The molecular formula is C7H11N3O. The molecule has 1 heterocycles. The van der Waals surface area contributed by atoms with Crippen LogP contribution < -0.4 is 10.5 Å². The smallest absolute Gasteiger partial charge is 0.216 e. The van der Waals surface area contributed by atoms with Crippen LogP contribution in [0.25, 0.3) is 0 Å². The van der Waals surface area contributed by atoms with E-state index in [2.05, 4.69) is 9.97 Å². The van der Waals surface area contributed by atoms with E-state index in [1.165, 1.54) is 6.33 Å². The topological polar surface area (TPSA) is 61.0 Å². The lowest BCUT2D eigenvalue weighted by Crippen LogP contribution is -2.06. The van der Waals surface area contributed by atoms with Gasteiger partial charge < -0.3 is 10.5 Å². The van der Waals surface area contributed by atoms with Crippen molar-refractivity contribution in [3.05, 3.63) is 18.6 Å². The summed E-state index contributed by atoms with van der Waals surface area (Å²) in [6.45, 7) is 1.26. The Kier molecular flexibility index (Phi) is 3.34. The highest BCUT2D eigenvalue weighted by atomic mass is 16.5. The minimum atomic E-state index is 0.605. The summed E-state index contributed by atoms with van der Waals surface area (Å²) in [6, 6.07) is 1.72. The predicted molar refractivity (Wildman–Crippen MR) is 41.2 cm³/mol. The number of rotatable bonds is 4. The van der Waals surface area contributed by atoms with Crippen LogP contribution in [0.2, 0.25) is 0 Å². The Morgan fingerprint density at radius 2 is 2.45 bits per heavy atom. The van der Waals surface area contributed by atoms with Crippen molar-refractivity contribution < 1.29 is 4.74 Å². The summed E-state index contributed by atoms with van der Waals surface area (Å²) in [5.41, 5.74) is 5.28. The van der Waals surface area contributed by atoms with Crippen molar-refractivity contribution in [1.82, 2.24) is 9.97 Å². The second-order valence-electron chi connectivity index (χ2n) is 2.04. The summed E-state index contributed by atoms with van der Waals surface area (Å²) in [5, 5.41) is 0. The van der Waals surface area contributed by atoms with Gasteiger partial charge in [0.25, 0.3) is 0 Å². The summed E-state index contributed by atoms with van der Waals surface area (Å²) >= 11 is 0. The molecule has 4 heteroatoms. The molecule has 11 heavy (non-hydrogen) atoms. The lowest BCUT2D eigenvalue weighted by molar-refractivity contribution is 0.301. The molecule has 0 bridgehead atoms. The second-order valence-corrected chi connectivity index (χ2v) is 2.04. The van der Waals surface area contributed by atoms with Crippen molar-refractivity contribution in [3.63, 3.8) is 0 Å². The van der Waals surface area contributed by atoms with E-state index in [4.69, 9.17) is 10.5 Å². The molecule has 0 aliphatic heterocycles. The summed E-state index contributed by atoms with van der Waals surface area (Å²) in [4.78, 5) is 7.63. The van der Waals surface area contributed by atoms with Crippen molar-refractivity contribution in [3.8, 4) is 5.88 Å². The number of hydrogen-bond donors (Lipinski definition) is 1. The zero-order valence-corrected chi connectivity index (χ0v) is 6.23. The molecule has 60 valence electrons. The summed E-state index contributed by atoms with van der Waals surface area (Å²) in [6.07, 6.45) is 3.95. The van der Waals surface area contributed by atoms with E-state index in [0.29, 0.717) is 19.0 Å². The molecule has 4 nitrogen and oxygen atoms in total. The van der Waals surface area contributed by atoms with E-state index in [1.54, 1.807) is 12.3 Å². The fraction of sp³-hybridized carbons (Fsp3) is 0.429. The summed E-state index contributed by atoms with van der Waals surface area (Å²) in [7, 11) is 0. The fourth-order valence-electron chi connectivity index (χ4n) is 0.624. The Bertz CT molecular complexity index is 190. The molecule has 0 amide bonds. The molecule has 1 rings (SSSR count). The van der Waals surface area contributed by atoms with Gasteiger partial charge in [0.15, 0.2) is 0 Å². The third-order valence-corrected chi connectivity index (χ3v) is 1.15. The Hall–Kier alpha value is -1.16. The van der Waals surface area contributed by atoms with Gasteiger partial charge in [0.05, 0.1) is 6.61 Å². The molecule has 0 saturated heterocycles. The van der Waals surface area contributed by atoms with E-state index >= 15 is 0 Å². The highest BCUT2D eigenvalue weighted by Crippen LogP contribution is 2.00. The molecule has 0 aromatic carbocycles. The monoisotopic (exact) mass is 153 g/mol. The second kappa shape index (κ2) is 4.62. The highest BCUT2D eigenvalue weighted by Gasteiger charge is 1.90. The third kappa shape index (κ3) is 2.95. The van der Waals surface area contributed by atoms with Crippen molar-refractivity contribution >= 4 is 0 Å². The first-order valence-corrected chi connectivity index (χ1v) is 3.52. The van der Waals surface area contributed by atoms with Gasteiger partial charge in [-0.2, -0.15) is 0 Å². The Labute approximate surface area is 65.4 Å². The molecule has 0 saturated carbocycles. The lowest BCUT2D eigenvalue weighted by Gasteiger charge is -2.01. The minimum Gasteiger partial charge on any atom is -0.478 e. The lowest BCUT2D eigenvalue weighted by atomic mass is 10.5. The molecule has 0 aliphatic rings. The average molecular weight is 153 g/mol. The maximum Gasteiger partial charge on any atom is 0.216 e. The van der Waals surface area contributed by atoms with E-state index < -0.39 is 0 Å². The number of ether oxygens (including phenoxy) is 1. The number of nitrogens with two attached hydrogens (primary N) is 1. The molecule has 1 aromatic rings. The SMILES string of the molecule is NCCCOc1ccncn1. The zero-order valence-electron chi connectivity index (χ0n) is 6.23. The van der Waals surface area contributed by atoms with Gasteiger partial charge in [-0.3, -0.25) is 0 Å². The molecule has 0 radical (unpaired) electrons. The Morgan fingerprint density at radius 1 is 1.55 bits per heavy atom. The van der Waals surface area contributed by atoms with E-state index in [9.17, 15) is 0 Å². The van der Waals surface area contributed by atoms with Gasteiger partial charge in [-0.05, 0) is 13.0 Å². The Morgan fingerprint density at radius 3 is 3.09 bits per heavy atom. The van der Waals surface area contributed by atoms with Gasteiger partial charge in [0.2, 0.25) is 5.88 Å². The van der Waals surface area contributed by atoms with Crippen LogP contribution in [0, 0.1) is 0 Å². The number of nitrogens with zero attached hydrogens (tertiary/aromatic N) is 2. The van der Waals surface area contributed by atoms with Gasteiger partial charge >= 0.3 is 0 Å². The first kappa shape index (κ1) is 7.94. The van der Waals surface area contributed by atoms with Gasteiger partial charge in [-0.15, -0.1) is 0 Å². The van der Waals surface area contributed by atoms with E-state index in [1.807, 2.05) is 0 Å². The van der Waals surface area contributed by atoms with Crippen molar-refractivity contribution in [2.24, 2.45) is 5.73 Å². The highest BCUT2D eigenvalue weighted by molar-refractivity contribution is 5.03. The Balaban J connectivity index is 2.28. The maximum atomic E-state index is 5.28. The van der Waals surface area contributed by atoms with Gasteiger partial charge in [-0.25, -0.2) is 9.97 Å². The van der Waals surface area contributed by atoms with Gasteiger partial charge in [0, 0.05) is 12.3 Å². The van der Waals surface area contributed by atoms with Crippen LogP contribution in [-0.2, 0) is 0 Å². The third-order valence-electron chi connectivity index (χ3n) is 1.15. The normalized spacial score (nSPS) is 9.55. The first-order chi connectivity index (χ1) is 5.43. The summed E-state index contributed by atoms with van der Waals surface area (Å²) in [5.74, 6) is 0.605. The zero-order chi connectivity index (χ0) is 7.94. The summed E-state index contributed by atoms with van der Waals surface area (Å²) < 4.78 is 5.22. The molecule has 0 unspecified atom stereocenters. The molecular weight excluding hydrogens is 142 g/mol. The van der Waals surface area contributed by atoms with Crippen LogP contribution in [-0.4, -0.2) is 23.1 Å². The van der Waals surface area contributed by atoms with Gasteiger partial charge in [0.1, 0.15) is 6.33 Å². The maximum absolute atomic E-state index is 5.28. The van der Waals surface area contributed by atoms with Crippen molar-refractivity contribution in [1.29, 1.82) is 0 Å².